The predicted octanol–water partition coefficient (Wildman–Crippen LogP) is 5.65. The molecular formula is C32H52O5. The van der Waals surface area contributed by atoms with Crippen LogP contribution in [0.25, 0.3) is 0 Å². The number of aliphatic hydroxyl groups is 3. The molecule has 5 aliphatic rings. The fourth-order valence-electron chi connectivity index (χ4n) is 11.8. The molecule has 0 aliphatic heterocycles. The highest BCUT2D eigenvalue weighted by molar-refractivity contribution is 5.66. The maximum atomic E-state index is 12.5. The maximum absolute atomic E-state index is 12.5. The Labute approximate surface area is 224 Å². The highest BCUT2D eigenvalue weighted by Crippen LogP contribution is 2.91. The quantitative estimate of drug-likeness (QED) is 0.314. The molecule has 0 bridgehead atoms. The SMILES string of the molecule is C=C(C)C(O)C(O)CC(C)C1CCC23CC12CCC1C2(C)CCC(O)C(C)(C)C2CC(OC(C)=O)C13C. The van der Waals surface area contributed by atoms with Crippen LogP contribution in [0.3, 0.4) is 0 Å². The average Bonchev–Trinajstić information content (AvgIpc) is 3.37. The molecule has 0 radical (unpaired) electrons. The third-order valence-electron chi connectivity index (χ3n) is 13.6. The third-order valence-corrected chi connectivity index (χ3v) is 13.6. The molecule has 37 heavy (non-hydrogen) atoms. The number of ether oxygens (including phenoxy) is 1. The smallest absolute Gasteiger partial charge is 0.302 e. The molecule has 5 rings (SSSR count). The van der Waals surface area contributed by atoms with E-state index in [1.54, 1.807) is 13.8 Å². The second-order valence-electron chi connectivity index (χ2n) is 15.3. The second-order valence-corrected chi connectivity index (χ2v) is 15.3. The van der Waals surface area contributed by atoms with Crippen molar-refractivity contribution in [1.29, 1.82) is 0 Å². The van der Waals surface area contributed by atoms with E-state index in [0.717, 1.165) is 32.1 Å². The maximum Gasteiger partial charge on any atom is 0.302 e. The van der Waals surface area contributed by atoms with Crippen molar-refractivity contribution in [2.75, 3.05) is 0 Å². The van der Waals surface area contributed by atoms with Gasteiger partial charge < -0.3 is 20.1 Å². The van der Waals surface area contributed by atoms with Gasteiger partial charge in [0.25, 0.3) is 0 Å². The lowest BCUT2D eigenvalue weighted by Gasteiger charge is -2.68. The van der Waals surface area contributed by atoms with E-state index in [1.165, 1.54) is 19.3 Å². The molecule has 12 unspecified atom stereocenters. The summed E-state index contributed by atoms with van der Waals surface area (Å²) in [6, 6.07) is 0. The van der Waals surface area contributed by atoms with Crippen LogP contribution in [0.15, 0.2) is 12.2 Å². The lowest BCUT2D eigenvalue weighted by atomic mass is 9.37. The summed E-state index contributed by atoms with van der Waals surface area (Å²) in [6.45, 7) is 18.9. The van der Waals surface area contributed by atoms with Crippen LogP contribution in [-0.2, 0) is 9.53 Å². The van der Waals surface area contributed by atoms with E-state index in [4.69, 9.17) is 4.74 Å². The van der Waals surface area contributed by atoms with Crippen molar-refractivity contribution in [3.05, 3.63) is 12.2 Å². The molecule has 0 spiro atoms. The molecule has 0 aromatic rings. The lowest BCUT2D eigenvalue weighted by Crippen LogP contribution is -2.66. The Morgan fingerprint density at radius 3 is 2.32 bits per heavy atom. The van der Waals surface area contributed by atoms with Crippen molar-refractivity contribution in [2.45, 2.75) is 131 Å². The Bertz CT molecular complexity index is 959. The van der Waals surface area contributed by atoms with E-state index in [-0.39, 0.29) is 45.3 Å². The predicted molar refractivity (Wildman–Crippen MR) is 144 cm³/mol. The van der Waals surface area contributed by atoms with E-state index in [2.05, 4.69) is 41.2 Å². The zero-order chi connectivity index (χ0) is 27.3. The van der Waals surface area contributed by atoms with E-state index in [1.807, 2.05) is 0 Å². The monoisotopic (exact) mass is 516 g/mol. The zero-order valence-electron chi connectivity index (χ0n) is 24.3. The molecule has 0 aromatic heterocycles. The van der Waals surface area contributed by atoms with E-state index < -0.39 is 12.2 Å². The Hall–Kier alpha value is -0.910. The Kier molecular flexibility index (Phi) is 6.38. The molecule has 210 valence electrons. The molecule has 5 fully saturated rings. The van der Waals surface area contributed by atoms with Gasteiger partial charge in [-0.05, 0) is 116 Å². The normalized spacial score (nSPS) is 49.9. The van der Waals surface area contributed by atoms with E-state index >= 15 is 0 Å². The van der Waals surface area contributed by atoms with Gasteiger partial charge in [-0.1, -0.05) is 41.2 Å². The van der Waals surface area contributed by atoms with Crippen LogP contribution in [0.5, 0.6) is 0 Å². The first-order valence-corrected chi connectivity index (χ1v) is 15.0. The molecule has 0 heterocycles. The first-order chi connectivity index (χ1) is 17.1. The van der Waals surface area contributed by atoms with Crippen molar-refractivity contribution in [3.63, 3.8) is 0 Å². The molecule has 0 aromatic carbocycles. The Morgan fingerprint density at radius 1 is 1.03 bits per heavy atom. The van der Waals surface area contributed by atoms with Gasteiger partial charge in [-0.2, -0.15) is 0 Å². The molecule has 12 atom stereocenters. The van der Waals surface area contributed by atoms with Gasteiger partial charge >= 0.3 is 5.97 Å². The summed E-state index contributed by atoms with van der Waals surface area (Å²) in [4.78, 5) is 12.5. The minimum absolute atomic E-state index is 0.0785. The zero-order valence-corrected chi connectivity index (χ0v) is 24.3. The highest BCUT2D eigenvalue weighted by atomic mass is 16.5. The molecule has 5 heteroatoms. The summed E-state index contributed by atoms with van der Waals surface area (Å²) in [5.41, 5.74) is 0.891. The van der Waals surface area contributed by atoms with Crippen molar-refractivity contribution < 1.29 is 24.9 Å². The number of esters is 1. The van der Waals surface area contributed by atoms with Gasteiger partial charge in [0, 0.05) is 12.3 Å². The first-order valence-electron chi connectivity index (χ1n) is 15.0. The second kappa shape index (κ2) is 8.54. The number of hydrogen-bond donors (Lipinski definition) is 3. The van der Waals surface area contributed by atoms with Crippen LogP contribution in [0.4, 0.5) is 0 Å². The highest BCUT2D eigenvalue weighted by Gasteiger charge is 2.85. The van der Waals surface area contributed by atoms with Crippen LogP contribution in [-0.4, -0.2) is 45.7 Å². The van der Waals surface area contributed by atoms with Gasteiger partial charge in [0.15, 0.2) is 0 Å². The molecule has 5 aliphatic carbocycles. The van der Waals surface area contributed by atoms with Crippen molar-refractivity contribution in [1.82, 2.24) is 0 Å². The summed E-state index contributed by atoms with van der Waals surface area (Å²) in [6.07, 6.45) is 7.13. The van der Waals surface area contributed by atoms with Gasteiger partial charge in [-0.25, -0.2) is 0 Å². The number of rotatable bonds is 6. The van der Waals surface area contributed by atoms with Gasteiger partial charge in [-0.15, -0.1) is 0 Å². The fraction of sp³-hybridized carbons (Fsp3) is 0.906. The fourth-order valence-corrected chi connectivity index (χ4v) is 11.8. The summed E-state index contributed by atoms with van der Waals surface area (Å²) >= 11 is 0. The van der Waals surface area contributed by atoms with Crippen molar-refractivity contribution in [3.8, 4) is 0 Å². The number of carbonyl (C=O) groups is 1. The van der Waals surface area contributed by atoms with Crippen LogP contribution in [0, 0.1) is 50.7 Å². The number of aliphatic hydroxyl groups excluding tert-OH is 3. The van der Waals surface area contributed by atoms with E-state index in [0.29, 0.717) is 35.7 Å². The Morgan fingerprint density at radius 2 is 1.70 bits per heavy atom. The molecule has 0 saturated heterocycles. The van der Waals surface area contributed by atoms with Crippen LogP contribution < -0.4 is 0 Å². The average molecular weight is 517 g/mol. The third kappa shape index (κ3) is 3.48. The van der Waals surface area contributed by atoms with E-state index in [9.17, 15) is 20.1 Å². The lowest BCUT2D eigenvalue weighted by molar-refractivity contribution is -0.249. The number of carbonyl (C=O) groups excluding carboxylic acids is 1. The summed E-state index contributed by atoms with van der Waals surface area (Å²) in [5, 5.41) is 32.1. The van der Waals surface area contributed by atoms with Crippen molar-refractivity contribution >= 4 is 5.97 Å². The molecule has 0 amide bonds. The number of hydrogen-bond acceptors (Lipinski definition) is 5. The Balaban J connectivity index is 1.49. The molecular weight excluding hydrogens is 464 g/mol. The minimum Gasteiger partial charge on any atom is -0.462 e. The van der Waals surface area contributed by atoms with Gasteiger partial charge in [0.1, 0.15) is 12.2 Å². The first kappa shape index (κ1) is 27.6. The van der Waals surface area contributed by atoms with Crippen molar-refractivity contribution in [2.24, 2.45) is 50.7 Å². The molecule has 5 saturated carbocycles. The largest absolute Gasteiger partial charge is 0.462 e. The molecule has 3 N–H and O–H groups in total. The van der Waals surface area contributed by atoms with Gasteiger partial charge in [0.05, 0.1) is 12.2 Å². The summed E-state index contributed by atoms with van der Waals surface area (Å²) in [7, 11) is 0. The van der Waals surface area contributed by atoms with Gasteiger partial charge in [0.2, 0.25) is 0 Å². The van der Waals surface area contributed by atoms with Crippen LogP contribution in [0.2, 0.25) is 0 Å². The summed E-state index contributed by atoms with van der Waals surface area (Å²) in [5.74, 6) is 1.44. The minimum atomic E-state index is -0.868. The standard InChI is InChI=1S/C32H52O5/c1-18(2)27(36)22(34)15-19(3)21-9-14-32-17-31(21,32)13-10-23-29(7)12-11-25(35)28(5,6)24(29)16-26(30(23,32)8)37-20(4)33/h19,21-27,34-36H,1,9-17H2,2-8H3. The van der Waals surface area contributed by atoms with Crippen LogP contribution in [0.1, 0.15) is 106 Å². The number of fused-ring (bicyclic) bond motifs is 3. The summed E-state index contributed by atoms with van der Waals surface area (Å²) < 4.78 is 6.30. The van der Waals surface area contributed by atoms with Gasteiger partial charge in [-0.3, -0.25) is 4.79 Å². The molecule has 5 nitrogen and oxygen atoms in total. The topological polar surface area (TPSA) is 87.0 Å². The van der Waals surface area contributed by atoms with Crippen LogP contribution >= 0.6 is 0 Å².